The highest BCUT2D eigenvalue weighted by atomic mass is 35.5. The Morgan fingerprint density at radius 2 is 2.10 bits per heavy atom. The van der Waals surface area contributed by atoms with E-state index in [4.69, 9.17) is 11.6 Å². The molecule has 1 aromatic rings. The van der Waals surface area contributed by atoms with E-state index in [2.05, 4.69) is 21.7 Å². The van der Waals surface area contributed by atoms with Gasteiger partial charge < -0.3 is 15.6 Å². The van der Waals surface area contributed by atoms with Gasteiger partial charge >= 0.3 is 0 Å². The summed E-state index contributed by atoms with van der Waals surface area (Å²) in [4.78, 5) is 40.4. The summed E-state index contributed by atoms with van der Waals surface area (Å²) >= 11 is 5.87. The number of nitrogens with zero attached hydrogens (tertiary/aromatic N) is 1. The van der Waals surface area contributed by atoms with Crippen LogP contribution in [0.4, 0.5) is 0 Å². The summed E-state index contributed by atoms with van der Waals surface area (Å²) in [5.74, 6) is -0.915. The number of nitrogens with one attached hydrogen (secondary N) is 3. The molecular weight excluding hydrogens is 392 g/mol. The van der Waals surface area contributed by atoms with Crippen LogP contribution in [-0.4, -0.2) is 34.2 Å². The standard InChI is InChI=1S/C21H27ClN4O3/c1-21(2)9-14(20(29)26-21)6-16(10-23)25-19(28)13(5-12-3-4-12)7-18(27)17-8-15(22)11-24-17/h8,11-14,16,24H,3-7,9H2,1-2H3,(H,25,28)(H,26,29)/t13-,14-,16+/m1/s1. The maximum absolute atomic E-state index is 12.9. The van der Waals surface area contributed by atoms with Gasteiger partial charge in [0.25, 0.3) is 0 Å². The quantitative estimate of drug-likeness (QED) is 0.534. The zero-order valence-corrected chi connectivity index (χ0v) is 17.5. The molecule has 29 heavy (non-hydrogen) atoms. The Morgan fingerprint density at radius 1 is 1.38 bits per heavy atom. The Hall–Kier alpha value is -2.33. The maximum atomic E-state index is 12.9. The van der Waals surface area contributed by atoms with Crippen molar-refractivity contribution in [2.24, 2.45) is 17.8 Å². The number of carbonyl (C=O) groups is 3. The third-order valence-electron chi connectivity index (χ3n) is 5.65. The molecule has 0 spiro atoms. The first-order chi connectivity index (χ1) is 13.7. The van der Waals surface area contributed by atoms with Gasteiger partial charge in [0.2, 0.25) is 11.8 Å². The molecule has 3 rings (SSSR count). The SMILES string of the molecule is CC1(C)C[C@@H](C[C@@H](C#N)NC(=O)[C@@H](CC(=O)c2cc(Cl)c[nH]2)CC2CC2)C(=O)N1. The fourth-order valence-electron chi connectivity index (χ4n) is 4.01. The average molecular weight is 419 g/mol. The van der Waals surface area contributed by atoms with Crippen LogP contribution in [0.1, 0.15) is 62.9 Å². The number of ketones is 1. The van der Waals surface area contributed by atoms with E-state index in [0.717, 1.165) is 12.8 Å². The third-order valence-corrected chi connectivity index (χ3v) is 5.87. The summed E-state index contributed by atoms with van der Waals surface area (Å²) in [7, 11) is 0. The molecule has 1 saturated carbocycles. The van der Waals surface area contributed by atoms with E-state index in [-0.39, 0.29) is 41.9 Å². The predicted molar refractivity (Wildman–Crippen MR) is 108 cm³/mol. The second kappa shape index (κ2) is 8.58. The number of halogens is 1. The van der Waals surface area contributed by atoms with Gasteiger partial charge in [0.05, 0.1) is 16.8 Å². The van der Waals surface area contributed by atoms with Crippen LogP contribution in [0.3, 0.4) is 0 Å². The normalized spacial score (nSPS) is 22.4. The van der Waals surface area contributed by atoms with Gasteiger partial charge in [0, 0.05) is 30.0 Å². The molecule has 1 aliphatic carbocycles. The molecule has 3 N–H and O–H groups in total. The van der Waals surface area contributed by atoms with Crippen molar-refractivity contribution in [1.82, 2.24) is 15.6 Å². The number of aromatic nitrogens is 1. The predicted octanol–water partition coefficient (Wildman–Crippen LogP) is 2.97. The summed E-state index contributed by atoms with van der Waals surface area (Å²) < 4.78 is 0. The van der Waals surface area contributed by atoms with Gasteiger partial charge in [-0.25, -0.2) is 0 Å². The van der Waals surface area contributed by atoms with E-state index in [1.54, 1.807) is 6.07 Å². The van der Waals surface area contributed by atoms with Crippen molar-refractivity contribution in [3.05, 3.63) is 23.0 Å². The molecule has 0 bridgehead atoms. The molecule has 7 nitrogen and oxygen atoms in total. The zero-order chi connectivity index (χ0) is 21.2. The fraction of sp³-hybridized carbons (Fsp3) is 0.619. The summed E-state index contributed by atoms with van der Waals surface area (Å²) in [5.41, 5.74) is 0.0783. The molecular formula is C21H27ClN4O3. The Kier molecular flexibility index (Phi) is 6.33. The highest BCUT2D eigenvalue weighted by Gasteiger charge is 2.39. The first-order valence-corrected chi connectivity index (χ1v) is 10.4. The van der Waals surface area contributed by atoms with E-state index >= 15 is 0 Å². The van der Waals surface area contributed by atoms with Crippen molar-refractivity contribution in [2.75, 3.05) is 0 Å². The van der Waals surface area contributed by atoms with E-state index in [1.807, 2.05) is 13.8 Å². The number of Topliss-reactive ketones (excluding diaryl/α,β-unsaturated/α-hetero) is 1. The molecule has 1 saturated heterocycles. The largest absolute Gasteiger partial charge is 0.357 e. The molecule has 1 aliphatic heterocycles. The van der Waals surface area contributed by atoms with E-state index in [9.17, 15) is 19.6 Å². The van der Waals surface area contributed by atoms with Crippen LogP contribution in [0, 0.1) is 29.1 Å². The van der Waals surface area contributed by atoms with Gasteiger partial charge in [-0.05, 0) is 45.1 Å². The number of H-pyrrole nitrogens is 1. The molecule has 2 amide bonds. The lowest BCUT2D eigenvalue weighted by molar-refractivity contribution is -0.127. The van der Waals surface area contributed by atoms with Crippen molar-refractivity contribution in [1.29, 1.82) is 5.26 Å². The smallest absolute Gasteiger partial charge is 0.224 e. The summed E-state index contributed by atoms with van der Waals surface area (Å²) in [6.07, 6.45) is 5.24. The van der Waals surface area contributed by atoms with Gasteiger partial charge in [-0.1, -0.05) is 24.4 Å². The molecule has 2 fully saturated rings. The maximum Gasteiger partial charge on any atom is 0.224 e. The Balaban J connectivity index is 1.61. The number of nitriles is 1. The summed E-state index contributed by atoms with van der Waals surface area (Å²) in [6.45, 7) is 3.88. The van der Waals surface area contributed by atoms with Gasteiger partial charge in [-0.3, -0.25) is 14.4 Å². The van der Waals surface area contributed by atoms with Crippen molar-refractivity contribution < 1.29 is 14.4 Å². The van der Waals surface area contributed by atoms with Gasteiger partial charge in [0.1, 0.15) is 6.04 Å². The van der Waals surface area contributed by atoms with Crippen LogP contribution in [0.5, 0.6) is 0 Å². The molecule has 3 atom stereocenters. The highest BCUT2D eigenvalue weighted by Crippen LogP contribution is 2.37. The van der Waals surface area contributed by atoms with Crippen molar-refractivity contribution >= 4 is 29.2 Å². The van der Waals surface area contributed by atoms with Crippen molar-refractivity contribution in [2.45, 2.75) is 64.0 Å². The molecule has 0 unspecified atom stereocenters. The molecule has 1 aromatic heterocycles. The van der Waals surface area contributed by atoms with Gasteiger partial charge in [-0.15, -0.1) is 0 Å². The van der Waals surface area contributed by atoms with Crippen LogP contribution in [0.15, 0.2) is 12.3 Å². The van der Waals surface area contributed by atoms with Crippen LogP contribution < -0.4 is 10.6 Å². The number of amides is 2. The van der Waals surface area contributed by atoms with Crippen molar-refractivity contribution in [3.8, 4) is 6.07 Å². The van der Waals surface area contributed by atoms with Gasteiger partial charge in [0.15, 0.2) is 5.78 Å². The minimum atomic E-state index is -0.760. The molecule has 156 valence electrons. The lowest BCUT2D eigenvalue weighted by Gasteiger charge is -2.20. The Bertz CT molecular complexity index is 837. The molecule has 0 radical (unpaired) electrons. The fourth-order valence-corrected chi connectivity index (χ4v) is 4.17. The molecule has 2 aliphatic rings. The first-order valence-electron chi connectivity index (χ1n) is 10.1. The summed E-state index contributed by atoms with van der Waals surface area (Å²) in [5, 5.41) is 15.6. The lowest BCUT2D eigenvalue weighted by atomic mass is 9.90. The van der Waals surface area contributed by atoms with Crippen LogP contribution >= 0.6 is 11.6 Å². The minimum Gasteiger partial charge on any atom is -0.357 e. The van der Waals surface area contributed by atoms with Gasteiger partial charge in [-0.2, -0.15) is 5.26 Å². The van der Waals surface area contributed by atoms with Crippen molar-refractivity contribution in [3.63, 3.8) is 0 Å². The highest BCUT2D eigenvalue weighted by molar-refractivity contribution is 6.31. The third kappa shape index (κ3) is 5.83. The number of aromatic amines is 1. The molecule has 0 aromatic carbocycles. The molecule has 8 heteroatoms. The lowest BCUT2D eigenvalue weighted by Crippen LogP contribution is -2.40. The van der Waals surface area contributed by atoms with E-state index in [0.29, 0.717) is 29.5 Å². The van der Waals surface area contributed by atoms with E-state index in [1.165, 1.54) is 6.20 Å². The number of carbonyl (C=O) groups excluding carboxylic acids is 3. The first kappa shape index (κ1) is 21.4. The molecule has 2 heterocycles. The Morgan fingerprint density at radius 3 is 2.62 bits per heavy atom. The average Bonchev–Trinajstić information content (AvgIpc) is 3.28. The Labute approximate surface area is 175 Å². The van der Waals surface area contributed by atoms with E-state index < -0.39 is 12.0 Å². The van der Waals surface area contributed by atoms with Crippen LogP contribution in [-0.2, 0) is 9.59 Å². The minimum absolute atomic E-state index is 0.0638. The second-order valence-electron chi connectivity index (χ2n) is 8.94. The zero-order valence-electron chi connectivity index (χ0n) is 16.8. The topological polar surface area (TPSA) is 115 Å². The summed E-state index contributed by atoms with van der Waals surface area (Å²) in [6, 6.07) is 2.89. The number of hydrogen-bond acceptors (Lipinski definition) is 4. The second-order valence-corrected chi connectivity index (χ2v) is 9.37. The van der Waals surface area contributed by atoms with Crippen LogP contribution in [0.25, 0.3) is 0 Å². The number of hydrogen-bond donors (Lipinski definition) is 3. The van der Waals surface area contributed by atoms with Crippen LogP contribution in [0.2, 0.25) is 5.02 Å². The number of rotatable bonds is 9. The monoisotopic (exact) mass is 418 g/mol.